The van der Waals surface area contributed by atoms with Crippen molar-refractivity contribution >= 4 is 39.6 Å². The maximum atomic E-state index is 12.0. The summed E-state index contributed by atoms with van der Waals surface area (Å²) >= 11 is 3.12. The molecule has 0 atom stereocenters. The van der Waals surface area contributed by atoms with Gasteiger partial charge in [0, 0.05) is 33.8 Å². The zero-order valence-corrected chi connectivity index (χ0v) is 16.5. The van der Waals surface area contributed by atoms with E-state index in [1.54, 1.807) is 29.5 Å². The molecule has 0 radical (unpaired) electrons. The number of fused-ring (bicyclic) bond motifs is 1. The van der Waals surface area contributed by atoms with E-state index in [9.17, 15) is 9.59 Å². The number of thiazole rings is 1. The Kier molecular flexibility index (Phi) is 5.23. The van der Waals surface area contributed by atoms with Gasteiger partial charge in [0.05, 0.1) is 5.69 Å². The summed E-state index contributed by atoms with van der Waals surface area (Å²) in [7, 11) is 0. The molecule has 3 aromatic heterocycles. The topological polar surface area (TPSA) is 78.6 Å². The smallest absolute Gasteiger partial charge is 0.344 e. The highest BCUT2D eigenvalue weighted by atomic mass is 32.1. The van der Waals surface area contributed by atoms with Gasteiger partial charge in [0.15, 0.2) is 6.61 Å². The first-order valence-electron chi connectivity index (χ1n) is 8.38. The Balaban J connectivity index is 1.33. The average molecular weight is 413 g/mol. The minimum absolute atomic E-state index is 0.0919. The molecular formula is C20H15NO5S2. The van der Waals surface area contributed by atoms with E-state index in [1.807, 2.05) is 29.1 Å². The molecule has 1 aromatic carbocycles. The van der Waals surface area contributed by atoms with Crippen molar-refractivity contribution < 1.29 is 18.7 Å². The van der Waals surface area contributed by atoms with Crippen LogP contribution in [0.3, 0.4) is 0 Å². The van der Waals surface area contributed by atoms with Gasteiger partial charge in [-0.3, -0.25) is 0 Å². The summed E-state index contributed by atoms with van der Waals surface area (Å²) < 4.78 is 15.8. The molecule has 6 nitrogen and oxygen atoms in total. The molecular weight excluding hydrogens is 398 g/mol. The lowest BCUT2D eigenvalue weighted by molar-refractivity contribution is -0.147. The number of hydrogen-bond acceptors (Lipinski definition) is 8. The van der Waals surface area contributed by atoms with Gasteiger partial charge >= 0.3 is 11.6 Å². The van der Waals surface area contributed by atoms with Crippen LogP contribution < -0.4 is 10.4 Å². The lowest BCUT2D eigenvalue weighted by Crippen LogP contribution is -2.14. The van der Waals surface area contributed by atoms with E-state index >= 15 is 0 Å². The van der Waals surface area contributed by atoms with Crippen molar-refractivity contribution in [2.24, 2.45) is 0 Å². The molecule has 4 rings (SSSR count). The summed E-state index contributed by atoms with van der Waals surface area (Å²) in [5.41, 5.74) is 2.57. The van der Waals surface area contributed by atoms with Crippen LogP contribution in [0.1, 0.15) is 11.3 Å². The maximum absolute atomic E-state index is 12.0. The van der Waals surface area contributed by atoms with Crippen LogP contribution in [0.5, 0.6) is 5.75 Å². The second kappa shape index (κ2) is 7.95. The van der Waals surface area contributed by atoms with Gasteiger partial charge in [-0.05, 0) is 36.1 Å². The van der Waals surface area contributed by atoms with E-state index in [0.29, 0.717) is 17.0 Å². The number of hydrogen-bond donors (Lipinski definition) is 0. The zero-order chi connectivity index (χ0) is 19.5. The second-order valence-corrected chi connectivity index (χ2v) is 7.65. The highest BCUT2D eigenvalue weighted by molar-refractivity contribution is 7.14. The van der Waals surface area contributed by atoms with Gasteiger partial charge in [0.25, 0.3) is 0 Å². The van der Waals surface area contributed by atoms with Crippen molar-refractivity contribution in [1.29, 1.82) is 0 Å². The molecule has 0 saturated carbocycles. The van der Waals surface area contributed by atoms with E-state index < -0.39 is 11.6 Å². The van der Waals surface area contributed by atoms with Gasteiger partial charge in [-0.25, -0.2) is 14.6 Å². The number of ether oxygens (including phenoxy) is 2. The molecule has 0 bridgehead atoms. The Bertz CT molecular complexity index is 1180. The molecule has 0 saturated heterocycles. The fourth-order valence-electron chi connectivity index (χ4n) is 2.63. The Labute approximate surface area is 168 Å². The summed E-state index contributed by atoms with van der Waals surface area (Å²) in [6, 6.07) is 8.53. The van der Waals surface area contributed by atoms with E-state index in [2.05, 4.69) is 4.98 Å². The van der Waals surface area contributed by atoms with Gasteiger partial charge in [0.1, 0.15) is 22.9 Å². The van der Waals surface area contributed by atoms with Gasteiger partial charge < -0.3 is 13.9 Å². The first-order chi connectivity index (χ1) is 13.6. The van der Waals surface area contributed by atoms with Crippen LogP contribution in [0.15, 0.2) is 55.7 Å². The van der Waals surface area contributed by atoms with E-state index in [0.717, 1.165) is 21.5 Å². The van der Waals surface area contributed by atoms with Crippen LogP contribution in [0.25, 0.3) is 21.5 Å². The highest BCUT2D eigenvalue weighted by Gasteiger charge is 2.10. The molecule has 3 heterocycles. The van der Waals surface area contributed by atoms with Gasteiger partial charge in [-0.2, -0.15) is 11.3 Å². The zero-order valence-electron chi connectivity index (χ0n) is 14.8. The Morgan fingerprint density at radius 2 is 2.11 bits per heavy atom. The van der Waals surface area contributed by atoms with Crippen molar-refractivity contribution in [1.82, 2.24) is 4.98 Å². The van der Waals surface area contributed by atoms with Crippen LogP contribution in [-0.2, 0) is 16.1 Å². The fraction of sp³-hybridized carbons (Fsp3) is 0.150. The standard InChI is InChI=1S/C20H15NO5S2/c1-12-6-18(22)26-17-7-15(2-3-16(12)17)24-9-19(23)25-8-14-11-28-20(21-14)13-4-5-27-10-13/h2-7,10-11H,8-9H2,1H3. The lowest BCUT2D eigenvalue weighted by Gasteiger charge is -2.07. The number of benzene rings is 1. The van der Waals surface area contributed by atoms with Gasteiger partial charge in [-0.1, -0.05) is 0 Å². The number of carbonyl (C=O) groups excluding carboxylic acids is 1. The number of carbonyl (C=O) groups is 1. The van der Waals surface area contributed by atoms with Crippen LogP contribution >= 0.6 is 22.7 Å². The van der Waals surface area contributed by atoms with Crippen molar-refractivity contribution in [3.05, 3.63) is 68.1 Å². The molecule has 142 valence electrons. The van der Waals surface area contributed by atoms with Crippen molar-refractivity contribution in [3.8, 4) is 16.3 Å². The van der Waals surface area contributed by atoms with Crippen LogP contribution in [0.2, 0.25) is 0 Å². The third kappa shape index (κ3) is 4.13. The van der Waals surface area contributed by atoms with Crippen LogP contribution in [0.4, 0.5) is 0 Å². The van der Waals surface area contributed by atoms with Gasteiger partial charge in [-0.15, -0.1) is 11.3 Å². The van der Waals surface area contributed by atoms with Crippen molar-refractivity contribution in [2.45, 2.75) is 13.5 Å². The number of nitrogens with zero attached hydrogens (tertiary/aromatic N) is 1. The monoisotopic (exact) mass is 413 g/mol. The summed E-state index contributed by atoms with van der Waals surface area (Å²) in [6.45, 7) is 1.68. The Hall–Kier alpha value is -2.97. The number of esters is 1. The third-order valence-corrected chi connectivity index (χ3v) is 5.60. The van der Waals surface area contributed by atoms with Crippen LogP contribution in [0, 0.1) is 6.92 Å². The average Bonchev–Trinajstić information content (AvgIpc) is 3.35. The first kappa shape index (κ1) is 18.4. The van der Waals surface area contributed by atoms with E-state index in [-0.39, 0.29) is 13.2 Å². The normalized spacial score (nSPS) is 10.9. The van der Waals surface area contributed by atoms with Crippen LogP contribution in [-0.4, -0.2) is 17.6 Å². The number of aryl methyl sites for hydroxylation is 1. The lowest BCUT2D eigenvalue weighted by atomic mass is 10.1. The maximum Gasteiger partial charge on any atom is 0.344 e. The number of rotatable bonds is 6. The minimum Gasteiger partial charge on any atom is -0.482 e. The fourth-order valence-corrected chi connectivity index (χ4v) is 4.14. The Morgan fingerprint density at radius 3 is 2.93 bits per heavy atom. The number of thiophene rings is 1. The van der Waals surface area contributed by atoms with Crippen molar-refractivity contribution in [2.75, 3.05) is 6.61 Å². The van der Waals surface area contributed by atoms with E-state index in [1.165, 1.54) is 17.4 Å². The predicted octanol–water partition coefficient (Wildman–Crippen LogP) is 4.41. The summed E-state index contributed by atoms with van der Waals surface area (Å²) in [6.07, 6.45) is 0. The Morgan fingerprint density at radius 1 is 1.21 bits per heavy atom. The van der Waals surface area contributed by atoms with E-state index in [4.69, 9.17) is 13.9 Å². The molecule has 0 fully saturated rings. The highest BCUT2D eigenvalue weighted by Crippen LogP contribution is 2.26. The summed E-state index contributed by atoms with van der Waals surface area (Å²) in [4.78, 5) is 27.9. The summed E-state index contributed by atoms with van der Waals surface area (Å²) in [5, 5.41) is 7.60. The molecule has 0 aliphatic heterocycles. The molecule has 0 amide bonds. The summed E-state index contributed by atoms with van der Waals surface area (Å²) in [5.74, 6) is -0.0810. The molecule has 0 spiro atoms. The van der Waals surface area contributed by atoms with Gasteiger partial charge in [0.2, 0.25) is 0 Å². The molecule has 28 heavy (non-hydrogen) atoms. The molecule has 8 heteroatoms. The first-order valence-corrected chi connectivity index (χ1v) is 10.2. The minimum atomic E-state index is -0.504. The predicted molar refractivity (Wildman–Crippen MR) is 108 cm³/mol. The molecule has 0 aliphatic carbocycles. The van der Waals surface area contributed by atoms with Crippen molar-refractivity contribution in [3.63, 3.8) is 0 Å². The SMILES string of the molecule is Cc1cc(=O)oc2cc(OCC(=O)OCc3csc(-c4ccsc4)n3)ccc12. The molecule has 0 N–H and O–H groups in total. The second-order valence-electron chi connectivity index (χ2n) is 6.01. The number of aromatic nitrogens is 1. The molecule has 0 aliphatic rings. The molecule has 4 aromatic rings. The largest absolute Gasteiger partial charge is 0.482 e. The molecule has 0 unspecified atom stereocenters. The quantitative estimate of drug-likeness (QED) is 0.344. The third-order valence-electron chi connectivity index (χ3n) is 3.98.